The third kappa shape index (κ3) is 8.49. The maximum Gasteiger partial charge on any atom is 0.243 e. The fourth-order valence-corrected chi connectivity index (χ4v) is 6.49. The van der Waals surface area contributed by atoms with Crippen molar-refractivity contribution in [2.45, 2.75) is 69.5 Å². The second-order valence-corrected chi connectivity index (χ2v) is 12.2. The molecule has 1 saturated carbocycles. The highest BCUT2D eigenvalue weighted by Crippen LogP contribution is 2.31. The van der Waals surface area contributed by atoms with Crippen LogP contribution in [0.15, 0.2) is 109 Å². The summed E-state index contributed by atoms with van der Waals surface area (Å²) >= 11 is 12.9. The van der Waals surface area contributed by atoms with Crippen LogP contribution in [0.2, 0.25) is 10.0 Å². The van der Waals surface area contributed by atoms with E-state index in [1.54, 1.807) is 17.0 Å². The molecule has 2 amide bonds. The van der Waals surface area contributed by atoms with E-state index in [1.807, 2.05) is 72.8 Å². The Kier molecular flexibility index (Phi) is 10.9. The average molecular weight is 614 g/mol. The van der Waals surface area contributed by atoms with Crippen LogP contribution in [0.5, 0.6) is 0 Å². The van der Waals surface area contributed by atoms with Crippen molar-refractivity contribution in [1.82, 2.24) is 10.2 Å². The van der Waals surface area contributed by atoms with Gasteiger partial charge in [0.1, 0.15) is 6.04 Å². The van der Waals surface area contributed by atoms with Gasteiger partial charge in [-0.25, -0.2) is 0 Å². The molecule has 1 aliphatic carbocycles. The van der Waals surface area contributed by atoms with Crippen LogP contribution >= 0.6 is 23.2 Å². The molecule has 1 N–H and O–H groups in total. The van der Waals surface area contributed by atoms with Crippen molar-refractivity contribution in [2.75, 3.05) is 0 Å². The lowest BCUT2D eigenvalue weighted by molar-refractivity contribution is -0.141. The SMILES string of the molecule is O=C(NC1CCCCC1)[C@H](Cc1ccccc1)N(Cc1ccc(Cl)cc1Cl)C(=O)CC(c1ccccc1)c1ccccc1. The minimum Gasteiger partial charge on any atom is -0.352 e. The Hall–Kier alpha value is -3.60. The van der Waals surface area contributed by atoms with E-state index in [2.05, 4.69) is 29.6 Å². The Balaban J connectivity index is 1.52. The molecular formula is C37H38Cl2N2O2. The predicted octanol–water partition coefficient (Wildman–Crippen LogP) is 8.60. The van der Waals surface area contributed by atoms with Gasteiger partial charge in [0.05, 0.1) is 0 Å². The molecule has 43 heavy (non-hydrogen) atoms. The maximum atomic E-state index is 14.6. The van der Waals surface area contributed by atoms with Gasteiger partial charge < -0.3 is 10.2 Å². The van der Waals surface area contributed by atoms with E-state index in [1.165, 1.54) is 6.42 Å². The van der Waals surface area contributed by atoms with Crippen LogP contribution in [0.4, 0.5) is 0 Å². The molecule has 4 aromatic rings. The summed E-state index contributed by atoms with van der Waals surface area (Å²) in [4.78, 5) is 30.5. The normalized spacial score (nSPS) is 14.3. The quantitative estimate of drug-likeness (QED) is 0.184. The molecule has 0 aliphatic heterocycles. The Morgan fingerprint density at radius 1 is 0.767 bits per heavy atom. The van der Waals surface area contributed by atoms with Gasteiger partial charge in [-0.1, -0.05) is 140 Å². The standard InChI is InChI=1S/C37H38Cl2N2O2/c38-31-22-21-30(34(39)24-31)26-41(36(42)25-33(28-15-7-2-8-16-28)29-17-9-3-10-18-29)35(23-27-13-5-1-6-14-27)37(43)40-32-19-11-4-12-20-32/h1-3,5-10,13-18,21-22,24,32-33,35H,4,11-12,19-20,23,25-26H2,(H,40,43)/t35-/m0/s1. The smallest absolute Gasteiger partial charge is 0.243 e. The Morgan fingerprint density at radius 3 is 1.93 bits per heavy atom. The number of amides is 2. The molecule has 1 fully saturated rings. The van der Waals surface area contributed by atoms with E-state index in [9.17, 15) is 9.59 Å². The van der Waals surface area contributed by atoms with Crippen LogP contribution in [0.3, 0.4) is 0 Å². The Morgan fingerprint density at radius 2 is 1.35 bits per heavy atom. The van der Waals surface area contributed by atoms with Gasteiger partial charge in [0.2, 0.25) is 11.8 Å². The Bertz CT molecular complexity index is 1440. The van der Waals surface area contributed by atoms with Gasteiger partial charge in [-0.15, -0.1) is 0 Å². The predicted molar refractivity (Wildman–Crippen MR) is 175 cm³/mol. The van der Waals surface area contributed by atoms with Gasteiger partial charge >= 0.3 is 0 Å². The molecule has 0 radical (unpaired) electrons. The van der Waals surface area contributed by atoms with E-state index in [4.69, 9.17) is 23.2 Å². The van der Waals surface area contributed by atoms with Gasteiger partial charge in [-0.2, -0.15) is 0 Å². The van der Waals surface area contributed by atoms with Crippen LogP contribution in [0.25, 0.3) is 0 Å². The van der Waals surface area contributed by atoms with Crippen molar-refractivity contribution in [3.63, 3.8) is 0 Å². The zero-order valence-corrected chi connectivity index (χ0v) is 25.8. The number of rotatable bonds is 11. The van der Waals surface area contributed by atoms with Crippen LogP contribution in [0, 0.1) is 0 Å². The molecule has 0 saturated heterocycles. The molecule has 0 unspecified atom stereocenters. The molecule has 0 spiro atoms. The summed E-state index contributed by atoms with van der Waals surface area (Å²) < 4.78 is 0. The number of benzene rings is 4. The van der Waals surface area contributed by atoms with Crippen LogP contribution in [0.1, 0.15) is 66.7 Å². The molecule has 4 nitrogen and oxygen atoms in total. The summed E-state index contributed by atoms with van der Waals surface area (Å²) in [6.45, 7) is 0.195. The summed E-state index contributed by atoms with van der Waals surface area (Å²) in [5, 5.41) is 4.31. The number of nitrogens with one attached hydrogen (secondary N) is 1. The van der Waals surface area contributed by atoms with E-state index in [0.29, 0.717) is 16.5 Å². The first-order valence-corrected chi connectivity index (χ1v) is 15.9. The van der Waals surface area contributed by atoms with Crippen molar-refractivity contribution in [1.29, 1.82) is 0 Å². The van der Waals surface area contributed by atoms with E-state index >= 15 is 0 Å². The highest BCUT2D eigenvalue weighted by atomic mass is 35.5. The maximum absolute atomic E-state index is 14.6. The van der Waals surface area contributed by atoms with Crippen molar-refractivity contribution in [3.8, 4) is 0 Å². The fraction of sp³-hybridized carbons (Fsp3) is 0.297. The summed E-state index contributed by atoms with van der Waals surface area (Å²) in [5.74, 6) is -0.398. The van der Waals surface area contributed by atoms with Gasteiger partial charge in [-0.05, 0) is 47.2 Å². The largest absolute Gasteiger partial charge is 0.352 e. The topological polar surface area (TPSA) is 49.4 Å². The number of carbonyl (C=O) groups excluding carboxylic acids is 2. The van der Waals surface area contributed by atoms with E-state index < -0.39 is 6.04 Å². The van der Waals surface area contributed by atoms with Crippen LogP contribution in [-0.2, 0) is 22.6 Å². The van der Waals surface area contributed by atoms with Crippen molar-refractivity contribution in [3.05, 3.63) is 141 Å². The molecule has 0 aromatic heterocycles. The molecule has 5 rings (SSSR count). The third-order valence-electron chi connectivity index (χ3n) is 8.36. The number of halogens is 2. The molecule has 6 heteroatoms. The zero-order chi connectivity index (χ0) is 30.0. The first kappa shape index (κ1) is 30.8. The first-order chi connectivity index (χ1) is 21.0. The monoisotopic (exact) mass is 612 g/mol. The second-order valence-electron chi connectivity index (χ2n) is 11.4. The molecule has 0 bridgehead atoms. The van der Waals surface area contributed by atoms with Gasteiger partial charge in [0.25, 0.3) is 0 Å². The summed E-state index contributed by atoms with van der Waals surface area (Å²) in [5.41, 5.74) is 3.85. The fourth-order valence-electron chi connectivity index (χ4n) is 6.02. The average Bonchev–Trinajstić information content (AvgIpc) is 3.04. The van der Waals surface area contributed by atoms with Crippen LogP contribution in [-0.4, -0.2) is 28.8 Å². The minimum atomic E-state index is -0.712. The number of hydrogen-bond donors (Lipinski definition) is 1. The van der Waals surface area contributed by atoms with Gasteiger partial charge in [-0.3, -0.25) is 9.59 Å². The van der Waals surface area contributed by atoms with Crippen molar-refractivity contribution in [2.24, 2.45) is 0 Å². The lowest BCUT2D eigenvalue weighted by Crippen LogP contribution is -2.53. The number of carbonyl (C=O) groups is 2. The Labute approximate surface area is 265 Å². The number of nitrogens with zero attached hydrogens (tertiary/aromatic N) is 1. The minimum absolute atomic E-state index is 0.108. The van der Waals surface area contributed by atoms with Crippen molar-refractivity contribution >= 4 is 35.0 Å². The molecular weight excluding hydrogens is 575 g/mol. The van der Waals surface area contributed by atoms with Crippen molar-refractivity contribution < 1.29 is 9.59 Å². The highest BCUT2D eigenvalue weighted by Gasteiger charge is 2.33. The molecule has 1 atom stereocenters. The van der Waals surface area contributed by atoms with Gasteiger partial charge in [0.15, 0.2) is 0 Å². The molecule has 0 heterocycles. The van der Waals surface area contributed by atoms with E-state index in [-0.39, 0.29) is 36.7 Å². The first-order valence-electron chi connectivity index (χ1n) is 15.2. The third-order valence-corrected chi connectivity index (χ3v) is 8.95. The lowest BCUT2D eigenvalue weighted by atomic mass is 9.87. The summed E-state index contributed by atoms with van der Waals surface area (Å²) in [6, 6.07) is 34.8. The summed E-state index contributed by atoms with van der Waals surface area (Å²) in [6.07, 6.45) is 5.94. The molecule has 1 aliphatic rings. The van der Waals surface area contributed by atoms with Crippen LogP contribution < -0.4 is 5.32 Å². The number of hydrogen-bond acceptors (Lipinski definition) is 2. The lowest BCUT2D eigenvalue weighted by Gasteiger charge is -2.34. The molecule has 4 aromatic carbocycles. The molecule has 222 valence electrons. The highest BCUT2D eigenvalue weighted by molar-refractivity contribution is 6.35. The van der Waals surface area contributed by atoms with E-state index in [0.717, 1.165) is 47.9 Å². The van der Waals surface area contributed by atoms with Gasteiger partial charge in [0, 0.05) is 41.4 Å². The summed E-state index contributed by atoms with van der Waals surface area (Å²) in [7, 11) is 0. The second kappa shape index (κ2) is 15.2. The zero-order valence-electron chi connectivity index (χ0n) is 24.3.